The van der Waals surface area contributed by atoms with Crippen molar-refractivity contribution in [2.45, 2.75) is 31.7 Å². The number of aliphatic hydroxyl groups is 1. The molecule has 1 amide bonds. The summed E-state index contributed by atoms with van der Waals surface area (Å²) < 4.78 is 45.7. The molecule has 2 aromatic carbocycles. The van der Waals surface area contributed by atoms with Crippen LogP contribution in [0.5, 0.6) is 0 Å². The molecule has 3 rings (SSSR count). The first kappa shape index (κ1) is 21.6. The molecule has 0 unspecified atom stereocenters. The Morgan fingerprint density at radius 3 is 2.43 bits per heavy atom. The highest BCUT2D eigenvalue weighted by Crippen LogP contribution is 2.38. The minimum Gasteiger partial charge on any atom is -0.445 e. The van der Waals surface area contributed by atoms with Crippen LogP contribution in [-0.4, -0.2) is 41.1 Å². The lowest BCUT2D eigenvalue weighted by atomic mass is 9.94. The van der Waals surface area contributed by atoms with Gasteiger partial charge in [-0.05, 0) is 24.5 Å². The molecule has 0 aromatic heterocycles. The van der Waals surface area contributed by atoms with E-state index in [-0.39, 0.29) is 18.6 Å². The van der Waals surface area contributed by atoms with Gasteiger partial charge in [-0.2, -0.15) is 13.2 Å². The summed E-state index contributed by atoms with van der Waals surface area (Å²) in [6.07, 6.45) is -8.13. The van der Waals surface area contributed by atoms with Gasteiger partial charge in [0.2, 0.25) is 0 Å². The van der Waals surface area contributed by atoms with Crippen molar-refractivity contribution in [1.82, 2.24) is 5.06 Å². The monoisotopic (exact) mass is 423 g/mol. The van der Waals surface area contributed by atoms with Crippen LogP contribution in [0, 0.1) is 12.8 Å². The lowest BCUT2D eigenvalue weighted by Gasteiger charge is -2.27. The van der Waals surface area contributed by atoms with Gasteiger partial charge >= 0.3 is 18.2 Å². The highest BCUT2D eigenvalue weighted by Gasteiger charge is 2.53. The SMILES string of the molecule is Cc1ccc([C@@H](O)[C@@H](C(=O)ON2C(=O)OC[C@@H]2Cc2ccccc2)C(F)(F)F)cc1. The van der Waals surface area contributed by atoms with Crippen molar-refractivity contribution in [3.63, 3.8) is 0 Å². The summed E-state index contributed by atoms with van der Waals surface area (Å²) >= 11 is 0. The molecule has 1 heterocycles. The average Bonchev–Trinajstić information content (AvgIpc) is 3.01. The molecule has 0 saturated carbocycles. The highest BCUT2D eigenvalue weighted by molar-refractivity contribution is 5.77. The van der Waals surface area contributed by atoms with Gasteiger partial charge in [-0.1, -0.05) is 60.2 Å². The number of nitrogens with zero attached hydrogens (tertiary/aromatic N) is 1. The number of alkyl halides is 3. The molecule has 3 atom stereocenters. The number of hydrogen-bond acceptors (Lipinski definition) is 5. The van der Waals surface area contributed by atoms with E-state index >= 15 is 0 Å². The number of hydroxylamine groups is 2. The van der Waals surface area contributed by atoms with Crippen molar-refractivity contribution in [2.75, 3.05) is 6.61 Å². The summed E-state index contributed by atoms with van der Waals surface area (Å²) in [6, 6.07) is 13.7. The maximum absolute atomic E-state index is 13.6. The molecular formula is C21H20F3NO5. The van der Waals surface area contributed by atoms with Crippen LogP contribution >= 0.6 is 0 Å². The molecule has 160 valence electrons. The number of aliphatic hydroxyl groups excluding tert-OH is 1. The number of carbonyl (C=O) groups is 2. The third kappa shape index (κ3) is 4.91. The van der Waals surface area contributed by atoms with Crippen molar-refractivity contribution < 1.29 is 37.4 Å². The van der Waals surface area contributed by atoms with Crippen LogP contribution in [0.3, 0.4) is 0 Å². The van der Waals surface area contributed by atoms with Gasteiger partial charge in [0, 0.05) is 0 Å². The maximum atomic E-state index is 13.6. The molecule has 0 spiro atoms. The second-order valence-corrected chi connectivity index (χ2v) is 7.03. The number of ether oxygens (including phenoxy) is 1. The summed E-state index contributed by atoms with van der Waals surface area (Å²) in [5, 5.41) is 10.8. The number of amides is 1. The lowest BCUT2D eigenvalue weighted by molar-refractivity contribution is -0.235. The highest BCUT2D eigenvalue weighted by atomic mass is 19.4. The molecule has 1 aliphatic rings. The Labute approximate surface area is 170 Å². The van der Waals surface area contributed by atoms with E-state index in [0.717, 1.165) is 11.1 Å². The van der Waals surface area contributed by atoms with Crippen LogP contribution < -0.4 is 0 Å². The quantitative estimate of drug-likeness (QED) is 0.766. The van der Waals surface area contributed by atoms with Crippen molar-refractivity contribution >= 4 is 12.1 Å². The first-order chi connectivity index (χ1) is 14.2. The van der Waals surface area contributed by atoms with E-state index in [9.17, 15) is 27.9 Å². The Morgan fingerprint density at radius 2 is 1.83 bits per heavy atom. The molecule has 30 heavy (non-hydrogen) atoms. The summed E-state index contributed by atoms with van der Waals surface area (Å²) in [5.74, 6) is -4.65. The molecule has 2 aromatic rings. The predicted molar refractivity (Wildman–Crippen MR) is 98.9 cm³/mol. The van der Waals surface area contributed by atoms with Gasteiger partial charge in [-0.25, -0.2) is 9.59 Å². The van der Waals surface area contributed by atoms with Gasteiger partial charge in [-0.15, -0.1) is 5.06 Å². The standard InChI is InChI=1S/C21H20F3NO5/c1-13-7-9-15(10-8-13)18(26)17(21(22,23)24)19(27)30-25-16(12-29-20(25)28)11-14-5-3-2-4-6-14/h2-10,16-18,26H,11-12H2,1H3/t16-,17-,18+/m0/s1. The largest absolute Gasteiger partial charge is 0.445 e. The molecule has 1 N–H and O–H groups in total. The predicted octanol–water partition coefficient (Wildman–Crippen LogP) is 3.73. The van der Waals surface area contributed by atoms with E-state index in [1.54, 1.807) is 37.3 Å². The minimum atomic E-state index is -5.10. The number of hydrogen-bond donors (Lipinski definition) is 1. The number of benzene rings is 2. The zero-order chi connectivity index (χ0) is 21.9. The van der Waals surface area contributed by atoms with Crippen LogP contribution in [0.1, 0.15) is 22.8 Å². The zero-order valence-corrected chi connectivity index (χ0v) is 16.0. The van der Waals surface area contributed by atoms with Gasteiger partial charge in [0.15, 0.2) is 5.92 Å². The van der Waals surface area contributed by atoms with Gasteiger partial charge in [0.25, 0.3) is 0 Å². The summed E-state index contributed by atoms with van der Waals surface area (Å²) in [4.78, 5) is 29.2. The molecule has 1 saturated heterocycles. The lowest BCUT2D eigenvalue weighted by Crippen LogP contribution is -2.43. The first-order valence-electron chi connectivity index (χ1n) is 9.20. The molecule has 6 nitrogen and oxygen atoms in total. The normalized spacial score (nSPS) is 18.6. The Bertz CT molecular complexity index is 886. The van der Waals surface area contributed by atoms with Gasteiger partial charge < -0.3 is 14.7 Å². The summed E-state index contributed by atoms with van der Waals surface area (Å²) in [6.45, 7) is 1.59. The van der Waals surface area contributed by atoms with Crippen LogP contribution in [0.15, 0.2) is 54.6 Å². The number of rotatable bonds is 6. The van der Waals surface area contributed by atoms with Crippen molar-refractivity contribution in [3.8, 4) is 0 Å². The molecule has 1 aliphatic heterocycles. The number of carbonyl (C=O) groups excluding carboxylic acids is 2. The van der Waals surface area contributed by atoms with Crippen molar-refractivity contribution in [3.05, 3.63) is 71.3 Å². The fourth-order valence-electron chi connectivity index (χ4n) is 3.14. The third-order valence-corrected chi connectivity index (χ3v) is 4.75. The van der Waals surface area contributed by atoms with Gasteiger partial charge in [-0.3, -0.25) is 0 Å². The maximum Gasteiger partial charge on any atom is 0.443 e. The molecule has 0 radical (unpaired) electrons. The van der Waals surface area contributed by atoms with E-state index in [0.29, 0.717) is 5.06 Å². The van der Waals surface area contributed by atoms with E-state index < -0.39 is 36.3 Å². The third-order valence-electron chi connectivity index (χ3n) is 4.75. The Kier molecular flexibility index (Phi) is 6.31. The molecular weight excluding hydrogens is 403 g/mol. The average molecular weight is 423 g/mol. The summed E-state index contributed by atoms with van der Waals surface area (Å²) in [7, 11) is 0. The Morgan fingerprint density at radius 1 is 1.20 bits per heavy atom. The fourth-order valence-corrected chi connectivity index (χ4v) is 3.14. The van der Waals surface area contributed by atoms with Gasteiger partial charge in [0.1, 0.15) is 18.8 Å². The van der Waals surface area contributed by atoms with Gasteiger partial charge in [0.05, 0.1) is 0 Å². The topological polar surface area (TPSA) is 76.1 Å². The second-order valence-electron chi connectivity index (χ2n) is 7.03. The molecule has 0 bridgehead atoms. The van der Waals surface area contributed by atoms with E-state index in [2.05, 4.69) is 0 Å². The second kappa shape index (κ2) is 8.74. The Balaban J connectivity index is 1.78. The Hall–Kier alpha value is -3.07. The van der Waals surface area contributed by atoms with Crippen LogP contribution in [0.4, 0.5) is 18.0 Å². The zero-order valence-electron chi connectivity index (χ0n) is 16.0. The van der Waals surface area contributed by atoms with E-state index in [1.165, 1.54) is 24.3 Å². The van der Waals surface area contributed by atoms with E-state index in [4.69, 9.17) is 9.57 Å². The smallest absolute Gasteiger partial charge is 0.443 e. The molecule has 1 fully saturated rings. The van der Waals surface area contributed by atoms with Crippen LogP contribution in [0.2, 0.25) is 0 Å². The van der Waals surface area contributed by atoms with Crippen molar-refractivity contribution in [1.29, 1.82) is 0 Å². The first-order valence-corrected chi connectivity index (χ1v) is 9.20. The molecule has 9 heteroatoms. The van der Waals surface area contributed by atoms with Crippen LogP contribution in [0.25, 0.3) is 0 Å². The van der Waals surface area contributed by atoms with Crippen LogP contribution in [-0.2, 0) is 20.8 Å². The number of aryl methyl sites for hydroxylation is 1. The van der Waals surface area contributed by atoms with E-state index in [1.807, 2.05) is 0 Å². The minimum absolute atomic E-state index is 0.0929. The number of halogens is 3. The number of cyclic esters (lactones) is 1. The fraction of sp³-hybridized carbons (Fsp3) is 0.333. The summed E-state index contributed by atoms with van der Waals surface area (Å²) in [5.41, 5.74) is 1.47. The van der Waals surface area contributed by atoms with Crippen molar-refractivity contribution in [2.24, 2.45) is 5.92 Å². The molecule has 0 aliphatic carbocycles.